The fourth-order valence-electron chi connectivity index (χ4n) is 9.20. The first kappa shape index (κ1) is 38.0. The van der Waals surface area contributed by atoms with E-state index in [1.807, 2.05) is 30.0 Å². The van der Waals surface area contributed by atoms with Crippen LogP contribution < -0.4 is 19.3 Å². The van der Waals surface area contributed by atoms with E-state index >= 15 is 0 Å². The largest absolute Gasteiger partial charge is 0.490 e. The minimum Gasteiger partial charge on any atom is -0.490 e. The smallest absolute Gasteiger partial charge is 0.286 e. The number of ether oxygens (including phenoxy) is 3. The van der Waals surface area contributed by atoms with Gasteiger partial charge in [0.1, 0.15) is 21.2 Å². The number of carbonyl (C=O) groups excluding carboxylic acids is 2. The van der Waals surface area contributed by atoms with E-state index in [0.717, 1.165) is 49.4 Å². The fourth-order valence-corrected chi connectivity index (χ4v) is 11.3. The minimum absolute atomic E-state index is 0.0182. The van der Waals surface area contributed by atoms with Gasteiger partial charge in [-0.2, -0.15) is 5.10 Å². The lowest BCUT2D eigenvalue weighted by Gasteiger charge is -2.46. The number of nitrogens with one attached hydrogen (secondary N) is 1. The summed E-state index contributed by atoms with van der Waals surface area (Å²) in [6.07, 6.45) is 11.5. The Morgan fingerprint density at radius 3 is 2.69 bits per heavy atom. The van der Waals surface area contributed by atoms with Crippen molar-refractivity contribution >= 4 is 44.8 Å². The van der Waals surface area contributed by atoms with E-state index in [2.05, 4.69) is 43.4 Å². The molecule has 14 heteroatoms. The number of hydrogen-bond donors (Lipinski definition) is 1. The van der Waals surface area contributed by atoms with Crippen LogP contribution >= 0.6 is 11.6 Å². The second kappa shape index (κ2) is 15.2. The molecule has 1 saturated heterocycles. The number of hydrogen-bond acceptors (Lipinski definition) is 9. The minimum atomic E-state index is -3.60. The van der Waals surface area contributed by atoms with Crippen molar-refractivity contribution in [1.29, 1.82) is 0 Å². The number of anilines is 2. The molecule has 2 aromatic carbocycles. The van der Waals surface area contributed by atoms with Gasteiger partial charge in [-0.25, -0.2) is 4.21 Å². The molecule has 0 unspecified atom stereocenters. The number of fused-ring (bicyclic) bond motifs is 4. The number of aryl methyl sites for hydroxylation is 2. The van der Waals surface area contributed by atoms with Crippen molar-refractivity contribution in [3.8, 4) is 5.75 Å². The summed E-state index contributed by atoms with van der Waals surface area (Å²) >= 11 is 6.48. The van der Waals surface area contributed by atoms with Crippen molar-refractivity contribution < 1.29 is 28.0 Å². The molecule has 3 aliphatic heterocycles. The van der Waals surface area contributed by atoms with Gasteiger partial charge in [0.15, 0.2) is 5.82 Å². The lowest BCUT2D eigenvalue weighted by Crippen LogP contribution is -2.52. The number of benzene rings is 2. The van der Waals surface area contributed by atoms with Gasteiger partial charge in [0.2, 0.25) is 0 Å². The predicted molar refractivity (Wildman–Crippen MR) is 214 cm³/mol. The van der Waals surface area contributed by atoms with Gasteiger partial charge < -0.3 is 24.0 Å². The van der Waals surface area contributed by atoms with E-state index in [-0.39, 0.29) is 40.4 Å². The first-order valence-electron chi connectivity index (χ1n) is 19.4. The Kier molecular flexibility index (Phi) is 10.5. The quantitative estimate of drug-likeness (QED) is 0.311. The van der Waals surface area contributed by atoms with Crippen LogP contribution in [0.1, 0.15) is 70.9 Å². The van der Waals surface area contributed by atoms with Gasteiger partial charge in [-0.15, -0.1) is 4.36 Å². The van der Waals surface area contributed by atoms with Gasteiger partial charge in [0.05, 0.1) is 30.3 Å². The average molecular weight is 791 g/mol. The molecule has 8 rings (SSSR count). The maximum absolute atomic E-state index is 14.8. The molecular formula is C41H51ClN6O6S. The highest BCUT2D eigenvalue weighted by atomic mass is 35.5. The summed E-state index contributed by atoms with van der Waals surface area (Å²) in [5, 5.41) is 5.25. The van der Waals surface area contributed by atoms with Crippen LogP contribution in [0, 0.1) is 17.8 Å². The monoisotopic (exact) mass is 790 g/mol. The zero-order valence-electron chi connectivity index (χ0n) is 32.0. The molecule has 2 aliphatic carbocycles. The van der Waals surface area contributed by atoms with Crippen LogP contribution in [0.25, 0.3) is 0 Å². The molecule has 0 radical (unpaired) electrons. The van der Waals surface area contributed by atoms with Crippen LogP contribution in [0.4, 0.5) is 11.5 Å². The summed E-state index contributed by atoms with van der Waals surface area (Å²) in [6, 6.07) is 11.6. The Morgan fingerprint density at radius 1 is 1.09 bits per heavy atom. The van der Waals surface area contributed by atoms with Gasteiger partial charge in [-0.3, -0.25) is 19.0 Å². The molecule has 55 heavy (non-hydrogen) atoms. The molecule has 4 heterocycles. The Balaban J connectivity index is 1.17. The van der Waals surface area contributed by atoms with E-state index < -0.39 is 21.7 Å². The molecule has 3 aromatic rings. The van der Waals surface area contributed by atoms with E-state index in [1.165, 1.54) is 11.1 Å². The lowest BCUT2D eigenvalue weighted by atomic mass is 9.68. The summed E-state index contributed by atoms with van der Waals surface area (Å²) in [4.78, 5) is 32.5. The zero-order valence-corrected chi connectivity index (χ0v) is 33.6. The number of methoxy groups -OCH3 is 2. The third-order valence-electron chi connectivity index (χ3n) is 12.3. The highest BCUT2D eigenvalue weighted by Gasteiger charge is 2.44. The third kappa shape index (κ3) is 7.52. The van der Waals surface area contributed by atoms with Crippen LogP contribution in [0.5, 0.6) is 5.75 Å². The van der Waals surface area contributed by atoms with Crippen molar-refractivity contribution in [3.05, 3.63) is 82.0 Å². The first-order chi connectivity index (χ1) is 26.5. The van der Waals surface area contributed by atoms with Crippen molar-refractivity contribution in [2.45, 2.75) is 63.1 Å². The summed E-state index contributed by atoms with van der Waals surface area (Å²) < 4.78 is 41.6. The Labute approximate surface area is 328 Å². The normalized spacial score (nSPS) is 30.2. The molecular weight excluding hydrogens is 740 g/mol. The maximum atomic E-state index is 14.8. The number of nitrogens with zero attached hydrogens (tertiary/aromatic N) is 5. The average Bonchev–Trinajstić information content (AvgIpc) is 3.43. The Bertz CT molecular complexity index is 2120. The topological polar surface area (TPSA) is 128 Å². The summed E-state index contributed by atoms with van der Waals surface area (Å²) in [6.45, 7) is 5.10. The molecule has 2 fully saturated rings. The predicted octanol–water partition coefficient (Wildman–Crippen LogP) is 5.97. The van der Waals surface area contributed by atoms with E-state index in [0.29, 0.717) is 56.1 Å². The molecule has 6 atom stereocenters. The van der Waals surface area contributed by atoms with Crippen molar-refractivity contribution in [2.75, 3.05) is 62.6 Å². The molecule has 294 valence electrons. The third-order valence-corrected chi connectivity index (χ3v) is 14.5. The van der Waals surface area contributed by atoms with Gasteiger partial charge in [0.25, 0.3) is 11.8 Å². The van der Waals surface area contributed by atoms with Crippen LogP contribution in [0.2, 0.25) is 5.02 Å². The van der Waals surface area contributed by atoms with E-state index in [1.54, 1.807) is 38.2 Å². The van der Waals surface area contributed by atoms with Crippen LogP contribution in [0.3, 0.4) is 0 Å². The van der Waals surface area contributed by atoms with Crippen LogP contribution in [0.15, 0.2) is 59.1 Å². The fraction of sp³-hybridized carbons (Fsp3) is 0.537. The molecule has 1 aromatic heterocycles. The van der Waals surface area contributed by atoms with Gasteiger partial charge in [-0.1, -0.05) is 36.7 Å². The number of rotatable bonds is 5. The van der Waals surface area contributed by atoms with Gasteiger partial charge >= 0.3 is 0 Å². The number of aromatic nitrogens is 2. The molecule has 1 N–H and O–H groups in total. The Hall–Kier alpha value is -3.91. The van der Waals surface area contributed by atoms with E-state index in [4.69, 9.17) is 25.8 Å². The molecule has 2 bridgehead atoms. The molecule has 1 spiro atoms. The van der Waals surface area contributed by atoms with Crippen molar-refractivity contribution in [3.63, 3.8) is 0 Å². The summed E-state index contributed by atoms with van der Waals surface area (Å²) in [7, 11) is 1.55. The van der Waals surface area contributed by atoms with E-state index in [9.17, 15) is 13.8 Å². The molecule has 5 aliphatic rings. The lowest BCUT2D eigenvalue weighted by molar-refractivity contribution is 0.0131. The number of halogens is 1. The number of amides is 2. The Morgan fingerprint density at radius 2 is 1.93 bits per heavy atom. The highest BCUT2D eigenvalue weighted by Crippen LogP contribution is 2.47. The number of carbonyl (C=O) groups is 2. The van der Waals surface area contributed by atoms with Gasteiger partial charge in [0, 0.05) is 69.6 Å². The standard InChI is InChI=1S/C41H51ClN6O6S/c1-26-7-5-9-36(53-4)32-13-10-29(32)19-48-24-41(16-6-8-27-17-30(42)12-14-34(27)41)25-54-37-15-11-28(18-35(37)48)39(49)44-55(51,23-26)45-40(50)33-22-46(2)43-38(33)47-20-31(21-47)52-3/h5,9,11-12,14-15,17-18,22,26,29,31-32,36H,6-8,10,13,16,19-21,23-25H2,1-4H3,(H,44,45,49,50,51)/b9-5+/t26-,29-,32+,36-,41-,55-/m0/s1. The van der Waals surface area contributed by atoms with Crippen LogP contribution in [-0.2, 0) is 38.3 Å². The summed E-state index contributed by atoms with van der Waals surface area (Å²) in [5.74, 6) is 0.431. The summed E-state index contributed by atoms with van der Waals surface area (Å²) in [5.41, 5.74) is 3.62. The molecule has 12 nitrogen and oxygen atoms in total. The van der Waals surface area contributed by atoms with Gasteiger partial charge in [-0.05, 0) is 97.7 Å². The number of allylic oxidation sites excluding steroid dienone is 1. The van der Waals surface area contributed by atoms with Crippen LogP contribution in [-0.4, -0.2) is 90.8 Å². The maximum Gasteiger partial charge on any atom is 0.286 e. The SMILES string of the molecule is COC1CN(c2nn(C)cc2C(=O)N[S@@]2(=O)=NC(=O)c3ccc4c(c3)N(C[C@@H]3CC[C@H]3[C@@H](OC)/C=C/C[C@H](C)C2)C[C@@]2(CCCc3cc(Cl)ccc32)CO4)C1. The second-order valence-corrected chi connectivity index (χ2v) is 18.6. The highest BCUT2D eigenvalue weighted by molar-refractivity contribution is 7.92. The van der Waals surface area contributed by atoms with Crippen molar-refractivity contribution in [2.24, 2.45) is 29.2 Å². The zero-order chi connectivity index (χ0) is 38.5. The first-order valence-corrected chi connectivity index (χ1v) is 21.5. The molecule has 2 amide bonds. The molecule has 1 saturated carbocycles. The second-order valence-electron chi connectivity index (χ2n) is 16.2. The van der Waals surface area contributed by atoms with Crippen molar-refractivity contribution in [1.82, 2.24) is 14.5 Å².